The summed E-state index contributed by atoms with van der Waals surface area (Å²) in [5.41, 5.74) is 5.36. The molecule has 0 saturated heterocycles. The molecule has 2 N–H and O–H groups in total. The quantitative estimate of drug-likeness (QED) is 0.605. The molecule has 0 spiro atoms. The second kappa shape index (κ2) is 5.71. The average Bonchev–Trinajstić information content (AvgIpc) is 1.98. The Balaban J connectivity index is 3.69. The molecule has 1 unspecified atom stereocenters. The third kappa shape index (κ3) is 4.85. The first-order valence-electron chi connectivity index (χ1n) is 3.99. The summed E-state index contributed by atoms with van der Waals surface area (Å²) in [7, 11) is 0. The van der Waals surface area contributed by atoms with Gasteiger partial charge in [0.15, 0.2) is 0 Å². The molecular formula is C8H15NO3. The number of rotatable bonds is 5. The van der Waals surface area contributed by atoms with Gasteiger partial charge in [0.05, 0.1) is 6.61 Å². The second-order valence-electron chi connectivity index (χ2n) is 2.68. The molecule has 0 heterocycles. The van der Waals surface area contributed by atoms with Crippen molar-refractivity contribution in [1.82, 2.24) is 0 Å². The summed E-state index contributed by atoms with van der Waals surface area (Å²) in [6.07, 6.45) is 0.821. The summed E-state index contributed by atoms with van der Waals surface area (Å²) in [6.45, 7) is 3.65. The number of hydrogen-bond donors (Lipinski definition) is 1. The SMILES string of the molecule is CCCOC(=O)C(N)CC(C)=O. The van der Waals surface area contributed by atoms with Crippen molar-refractivity contribution in [2.45, 2.75) is 32.7 Å². The Morgan fingerprint density at radius 3 is 2.50 bits per heavy atom. The van der Waals surface area contributed by atoms with Crippen LogP contribution in [0.15, 0.2) is 0 Å². The van der Waals surface area contributed by atoms with Gasteiger partial charge in [-0.15, -0.1) is 0 Å². The first kappa shape index (κ1) is 11.1. The number of Topliss-reactive ketones (excluding diaryl/α,β-unsaturated/α-hetero) is 1. The van der Waals surface area contributed by atoms with Crippen LogP contribution in [0.3, 0.4) is 0 Å². The predicted molar refractivity (Wildman–Crippen MR) is 44.5 cm³/mol. The van der Waals surface area contributed by atoms with Crippen molar-refractivity contribution in [1.29, 1.82) is 0 Å². The van der Waals surface area contributed by atoms with Crippen LogP contribution in [0.2, 0.25) is 0 Å². The van der Waals surface area contributed by atoms with Crippen LogP contribution in [0.25, 0.3) is 0 Å². The first-order valence-corrected chi connectivity index (χ1v) is 3.99. The van der Waals surface area contributed by atoms with Crippen LogP contribution in [0.1, 0.15) is 26.7 Å². The number of ether oxygens (including phenoxy) is 1. The zero-order valence-corrected chi connectivity index (χ0v) is 7.50. The Bertz CT molecular complexity index is 168. The monoisotopic (exact) mass is 173 g/mol. The molecule has 4 nitrogen and oxygen atoms in total. The zero-order chi connectivity index (χ0) is 9.56. The van der Waals surface area contributed by atoms with Gasteiger partial charge in [0, 0.05) is 6.42 Å². The molecule has 70 valence electrons. The van der Waals surface area contributed by atoms with E-state index in [2.05, 4.69) is 0 Å². The fraction of sp³-hybridized carbons (Fsp3) is 0.750. The highest BCUT2D eigenvalue weighted by molar-refractivity contribution is 5.84. The van der Waals surface area contributed by atoms with Gasteiger partial charge in [-0.1, -0.05) is 6.92 Å². The van der Waals surface area contributed by atoms with Crippen LogP contribution in [-0.4, -0.2) is 24.4 Å². The fourth-order valence-corrected chi connectivity index (χ4v) is 0.703. The molecule has 1 atom stereocenters. The van der Waals surface area contributed by atoms with Gasteiger partial charge in [-0.25, -0.2) is 0 Å². The summed E-state index contributed by atoms with van der Waals surface area (Å²) in [6, 6.07) is -0.797. The normalized spacial score (nSPS) is 12.2. The maximum absolute atomic E-state index is 10.9. The van der Waals surface area contributed by atoms with Gasteiger partial charge in [-0.2, -0.15) is 0 Å². The molecule has 0 aromatic heterocycles. The maximum Gasteiger partial charge on any atom is 0.323 e. The van der Waals surface area contributed by atoms with E-state index < -0.39 is 12.0 Å². The Morgan fingerprint density at radius 2 is 2.08 bits per heavy atom. The van der Waals surface area contributed by atoms with Crippen molar-refractivity contribution >= 4 is 11.8 Å². The Hall–Kier alpha value is -0.900. The lowest BCUT2D eigenvalue weighted by atomic mass is 10.2. The first-order chi connectivity index (χ1) is 5.57. The van der Waals surface area contributed by atoms with Crippen LogP contribution >= 0.6 is 0 Å². The van der Waals surface area contributed by atoms with Crippen molar-refractivity contribution < 1.29 is 14.3 Å². The topological polar surface area (TPSA) is 69.4 Å². The number of hydrogen-bond acceptors (Lipinski definition) is 4. The minimum Gasteiger partial charge on any atom is -0.465 e. The molecule has 12 heavy (non-hydrogen) atoms. The van der Waals surface area contributed by atoms with E-state index in [0.717, 1.165) is 6.42 Å². The molecule has 0 rings (SSSR count). The van der Waals surface area contributed by atoms with E-state index in [1.165, 1.54) is 6.92 Å². The van der Waals surface area contributed by atoms with Crippen LogP contribution in [0, 0.1) is 0 Å². The molecule has 0 amide bonds. The van der Waals surface area contributed by atoms with Crippen LogP contribution in [0.5, 0.6) is 0 Å². The highest BCUT2D eigenvalue weighted by atomic mass is 16.5. The average molecular weight is 173 g/mol. The lowest BCUT2D eigenvalue weighted by Crippen LogP contribution is -2.34. The predicted octanol–water partition coefficient (Wildman–Crippen LogP) is 0.246. The van der Waals surface area contributed by atoms with Crippen LogP contribution in [-0.2, 0) is 14.3 Å². The van der Waals surface area contributed by atoms with E-state index in [1.807, 2.05) is 6.92 Å². The van der Waals surface area contributed by atoms with Gasteiger partial charge in [0.2, 0.25) is 0 Å². The largest absolute Gasteiger partial charge is 0.465 e. The maximum atomic E-state index is 10.9. The van der Waals surface area contributed by atoms with Crippen molar-refractivity contribution in [2.75, 3.05) is 6.61 Å². The molecule has 4 heteroatoms. The number of carbonyl (C=O) groups excluding carboxylic acids is 2. The van der Waals surface area contributed by atoms with E-state index in [1.54, 1.807) is 0 Å². The van der Waals surface area contributed by atoms with E-state index >= 15 is 0 Å². The third-order valence-corrected chi connectivity index (χ3v) is 1.26. The van der Waals surface area contributed by atoms with Crippen molar-refractivity contribution in [3.05, 3.63) is 0 Å². The molecule has 0 fully saturated rings. The number of ketones is 1. The standard InChI is InChI=1S/C8H15NO3/c1-3-4-12-8(11)7(9)5-6(2)10/h7H,3-5,9H2,1-2H3. The van der Waals surface area contributed by atoms with Crippen LogP contribution < -0.4 is 5.73 Å². The van der Waals surface area contributed by atoms with Gasteiger partial charge in [0.1, 0.15) is 11.8 Å². The van der Waals surface area contributed by atoms with Gasteiger partial charge in [-0.05, 0) is 13.3 Å². The van der Waals surface area contributed by atoms with Crippen molar-refractivity contribution in [3.63, 3.8) is 0 Å². The molecule has 0 aromatic rings. The van der Waals surface area contributed by atoms with Gasteiger partial charge >= 0.3 is 5.97 Å². The molecule has 0 saturated carbocycles. The highest BCUT2D eigenvalue weighted by Crippen LogP contribution is 1.94. The lowest BCUT2D eigenvalue weighted by molar-refractivity contribution is -0.146. The van der Waals surface area contributed by atoms with E-state index in [-0.39, 0.29) is 12.2 Å². The summed E-state index contributed by atoms with van der Waals surface area (Å²) in [5, 5.41) is 0. The molecule has 0 aromatic carbocycles. The minimum absolute atomic E-state index is 0.0581. The number of esters is 1. The fourth-order valence-electron chi connectivity index (χ4n) is 0.703. The van der Waals surface area contributed by atoms with Crippen molar-refractivity contribution in [3.8, 4) is 0 Å². The van der Waals surface area contributed by atoms with Gasteiger partial charge in [0.25, 0.3) is 0 Å². The third-order valence-electron chi connectivity index (χ3n) is 1.26. The molecule has 0 bridgehead atoms. The Morgan fingerprint density at radius 1 is 1.50 bits per heavy atom. The zero-order valence-electron chi connectivity index (χ0n) is 7.50. The Kier molecular flexibility index (Phi) is 5.28. The van der Waals surface area contributed by atoms with Crippen LogP contribution in [0.4, 0.5) is 0 Å². The molecule has 0 aliphatic heterocycles. The van der Waals surface area contributed by atoms with Crippen molar-refractivity contribution in [2.24, 2.45) is 5.73 Å². The second-order valence-corrected chi connectivity index (χ2v) is 2.68. The Labute approximate surface area is 72.1 Å². The lowest BCUT2D eigenvalue weighted by Gasteiger charge is -2.08. The molecule has 0 aliphatic rings. The summed E-state index contributed by atoms with van der Waals surface area (Å²) in [4.78, 5) is 21.5. The number of carbonyl (C=O) groups is 2. The van der Waals surface area contributed by atoms with E-state index in [9.17, 15) is 9.59 Å². The summed E-state index contributed by atoms with van der Waals surface area (Å²) >= 11 is 0. The summed E-state index contributed by atoms with van der Waals surface area (Å²) < 4.78 is 4.74. The van der Waals surface area contributed by atoms with Gasteiger partial charge in [-0.3, -0.25) is 9.59 Å². The van der Waals surface area contributed by atoms with E-state index in [4.69, 9.17) is 10.5 Å². The number of nitrogens with two attached hydrogens (primary N) is 1. The molecule has 0 radical (unpaired) electrons. The minimum atomic E-state index is -0.797. The van der Waals surface area contributed by atoms with Gasteiger partial charge < -0.3 is 10.5 Å². The molecule has 0 aliphatic carbocycles. The van der Waals surface area contributed by atoms with E-state index in [0.29, 0.717) is 6.61 Å². The smallest absolute Gasteiger partial charge is 0.323 e. The highest BCUT2D eigenvalue weighted by Gasteiger charge is 2.15. The summed E-state index contributed by atoms with van der Waals surface area (Å²) in [5.74, 6) is -0.594. The molecular weight excluding hydrogens is 158 g/mol.